The fourth-order valence-corrected chi connectivity index (χ4v) is 3.91. The Bertz CT molecular complexity index is 1160. The van der Waals surface area contributed by atoms with Gasteiger partial charge in [-0.15, -0.1) is 16.8 Å². The van der Waals surface area contributed by atoms with E-state index in [2.05, 4.69) is 26.7 Å². The van der Waals surface area contributed by atoms with E-state index in [1.54, 1.807) is 24.3 Å². The van der Waals surface area contributed by atoms with Crippen LogP contribution in [0.15, 0.2) is 49.1 Å². The van der Waals surface area contributed by atoms with Crippen molar-refractivity contribution in [2.75, 3.05) is 19.0 Å². The van der Waals surface area contributed by atoms with Crippen molar-refractivity contribution in [3.05, 3.63) is 66.3 Å². The van der Waals surface area contributed by atoms with Gasteiger partial charge in [-0.05, 0) is 55.2 Å². The van der Waals surface area contributed by atoms with E-state index < -0.39 is 11.7 Å². The van der Waals surface area contributed by atoms with E-state index >= 15 is 0 Å². The largest absolute Gasteiger partial charge is 0.493 e. The number of fused-ring (bicyclic) bond motifs is 1. The highest BCUT2D eigenvalue weighted by molar-refractivity contribution is 5.92. The number of rotatable bonds is 8. The van der Waals surface area contributed by atoms with Crippen LogP contribution in [-0.2, 0) is 24.2 Å². The van der Waals surface area contributed by atoms with Crippen LogP contribution in [0.2, 0.25) is 0 Å². The van der Waals surface area contributed by atoms with E-state index in [0.29, 0.717) is 29.3 Å². The standard InChI is InChI=1S/C25H27FN4O3/c1-3-7-17-9-12-21(22(14-17)32-2)33-16-24(31)27-20-15-18(10-11-19(20)26)25-29-28-23-8-5-4-6-13-30(23)25/h3,9-12,14-15H,1,4-8,13,16H2,2H3,(H,27,31). The number of anilines is 1. The van der Waals surface area contributed by atoms with Gasteiger partial charge in [-0.2, -0.15) is 0 Å². The van der Waals surface area contributed by atoms with Crippen LogP contribution in [0.5, 0.6) is 11.5 Å². The monoisotopic (exact) mass is 450 g/mol. The number of ether oxygens (including phenoxy) is 2. The molecule has 3 aromatic rings. The van der Waals surface area contributed by atoms with Crippen molar-refractivity contribution >= 4 is 11.6 Å². The van der Waals surface area contributed by atoms with E-state index in [4.69, 9.17) is 9.47 Å². The first kappa shape index (κ1) is 22.5. The van der Waals surface area contributed by atoms with Gasteiger partial charge in [0.15, 0.2) is 23.9 Å². The van der Waals surface area contributed by atoms with Crippen molar-refractivity contribution < 1.29 is 18.7 Å². The molecule has 1 aromatic heterocycles. The molecular formula is C25H27FN4O3. The lowest BCUT2D eigenvalue weighted by atomic mass is 10.1. The lowest BCUT2D eigenvalue weighted by molar-refractivity contribution is -0.118. The summed E-state index contributed by atoms with van der Waals surface area (Å²) in [5, 5.41) is 11.2. The predicted molar refractivity (Wildman–Crippen MR) is 124 cm³/mol. The van der Waals surface area contributed by atoms with Crippen LogP contribution in [0.4, 0.5) is 10.1 Å². The van der Waals surface area contributed by atoms with Crippen molar-refractivity contribution in [1.29, 1.82) is 0 Å². The first-order valence-corrected chi connectivity index (χ1v) is 11.0. The minimum atomic E-state index is -0.533. The molecule has 4 rings (SSSR count). The Morgan fingerprint density at radius 2 is 2.06 bits per heavy atom. The van der Waals surface area contributed by atoms with Gasteiger partial charge >= 0.3 is 0 Å². The lowest BCUT2D eigenvalue weighted by Gasteiger charge is -2.13. The molecule has 0 saturated carbocycles. The highest BCUT2D eigenvalue weighted by atomic mass is 19.1. The molecule has 0 spiro atoms. The van der Waals surface area contributed by atoms with Gasteiger partial charge in [0.25, 0.3) is 5.91 Å². The van der Waals surface area contributed by atoms with E-state index in [9.17, 15) is 9.18 Å². The second-order valence-electron chi connectivity index (χ2n) is 7.91. The normalized spacial score (nSPS) is 13.0. The van der Waals surface area contributed by atoms with Gasteiger partial charge in [-0.1, -0.05) is 18.6 Å². The summed E-state index contributed by atoms with van der Waals surface area (Å²) in [6.45, 7) is 4.26. The Hall–Kier alpha value is -3.68. The second-order valence-corrected chi connectivity index (χ2v) is 7.91. The summed E-state index contributed by atoms with van der Waals surface area (Å²) in [7, 11) is 1.53. The third-order valence-corrected chi connectivity index (χ3v) is 5.57. The van der Waals surface area contributed by atoms with E-state index in [1.807, 2.05) is 12.1 Å². The lowest BCUT2D eigenvalue weighted by Crippen LogP contribution is -2.21. The highest BCUT2D eigenvalue weighted by Crippen LogP contribution is 2.29. The van der Waals surface area contributed by atoms with Crippen LogP contribution in [-0.4, -0.2) is 34.4 Å². The van der Waals surface area contributed by atoms with Gasteiger partial charge in [0.1, 0.15) is 11.6 Å². The van der Waals surface area contributed by atoms with Gasteiger partial charge in [0.2, 0.25) is 0 Å². The molecular weight excluding hydrogens is 423 g/mol. The number of allylic oxidation sites excluding steroid dienone is 1. The average molecular weight is 451 g/mol. The number of halogens is 1. The van der Waals surface area contributed by atoms with E-state index in [1.165, 1.54) is 13.2 Å². The number of aromatic nitrogens is 3. The Balaban J connectivity index is 1.46. The van der Waals surface area contributed by atoms with Crippen molar-refractivity contribution in [2.24, 2.45) is 0 Å². The maximum absolute atomic E-state index is 14.4. The number of hydrogen-bond donors (Lipinski definition) is 1. The summed E-state index contributed by atoms with van der Waals surface area (Å²) < 4.78 is 27.5. The van der Waals surface area contributed by atoms with E-state index in [-0.39, 0.29) is 12.3 Å². The molecule has 0 fully saturated rings. The van der Waals surface area contributed by atoms with Gasteiger partial charge in [-0.25, -0.2) is 4.39 Å². The number of carbonyl (C=O) groups is 1. The summed E-state index contributed by atoms with van der Waals surface area (Å²) in [5.74, 6) is 1.56. The number of nitrogens with zero attached hydrogens (tertiary/aromatic N) is 3. The number of hydrogen-bond acceptors (Lipinski definition) is 5. The number of carbonyl (C=O) groups excluding carboxylic acids is 1. The van der Waals surface area contributed by atoms with Crippen LogP contribution in [0.1, 0.15) is 30.7 Å². The zero-order chi connectivity index (χ0) is 23.2. The molecule has 0 atom stereocenters. The van der Waals surface area contributed by atoms with Crippen molar-refractivity contribution in [1.82, 2.24) is 14.8 Å². The topological polar surface area (TPSA) is 78.3 Å². The molecule has 0 unspecified atom stereocenters. The number of aryl methyl sites for hydroxylation is 1. The molecule has 0 saturated heterocycles. The quantitative estimate of drug-likeness (QED) is 0.509. The maximum atomic E-state index is 14.4. The zero-order valence-corrected chi connectivity index (χ0v) is 18.6. The molecule has 1 N–H and O–H groups in total. The number of benzene rings is 2. The molecule has 1 aliphatic rings. The molecule has 172 valence electrons. The van der Waals surface area contributed by atoms with Gasteiger partial charge in [0, 0.05) is 18.5 Å². The molecule has 0 radical (unpaired) electrons. The van der Waals surface area contributed by atoms with Crippen molar-refractivity contribution in [2.45, 2.75) is 38.6 Å². The number of methoxy groups -OCH3 is 1. The first-order chi connectivity index (χ1) is 16.1. The molecule has 0 aliphatic carbocycles. The third kappa shape index (κ3) is 5.22. The minimum Gasteiger partial charge on any atom is -0.493 e. The van der Waals surface area contributed by atoms with Crippen LogP contribution >= 0.6 is 0 Å². The van der Waals surface area contributed by atoms with Crippen molar-refractivity contribution in [3.8, 4) is 22.9 Å². The van der Waals surface area contributed by atoms with Crippen molar-refractivity contribution in [3.63, 3.8) is 0 Å². The molecule has 7 nitrogen and oxygen atoms in total. The summed E-state index contributed by atoms with van der Waals surface area (Å²) in [5.41, 5.74) is 1.79. The fourth-order valence-electron chi connectivity index (χ4n) is 3.91. The second kappa shape index (κ2) is 10.3. The Labute approximate surface area is 192 Å². The Kier molecular flexibility index (Phi) is 7.02. The Morgan fingerprint density at radius 1 is 1.18 bits per heavy atom. The van der Waals surface area contributed by atoms with Gasteiger partial charge < -0.3 is 19.4 Å². The van der Waals surface area contributed by atoms with Crippen LogP contribution in [0.3, 0.4) is 0 Å². The molecule has 33 heavy (non-hydrogen) atoms. The first-order valence-electron chi connectivity index (χ1n) is 11.0. The van der Waals surface area contributed by atoms with Gasteiger partial charge in [0.05, 0.1) is 12.8 Å². The number of nitrogens with one attached hydrogen (secondary N) is 1. The number of amides is 1. The predicted octanol–water partition coefficient (Wildman–Crippen LogP) is 4.57. The average Bonchev–Trinajstić information content (AvgIpc) is 3.07. The summed E-state index contributed by atoms with van der Waals surface area (Å²) >= 11 is 0. The summed E-state index contributed by atoms with van der Waals surface area (Å²) in [6, 6.07) is 10.0. The van der Waals surface area contributed by atoms with Crippen LogP contribution in [0.25, 0.3) is 11.4 Å². The molecule has 8 heteroatoms. The molecule has 2 aromatic carbocycles. The van der Waals surface area contributed by atoms with Crippen LogP contribution < -0.4 is 14.8 Å². The summed E-state index contributed by atoms with van der Waals surface area (Å²) in [4.78, 5) is 12.5. The smallest absolute Gasteiger partial charge is 0.262 e. The maximum Gasteiger partial charge on any atom is 0.262 e. The zero-order valence-electron chi connectivity index (χ0n) is 18.6. The molecule has 1 aliphatic heterocycles. The molecule has 0 bridgehead atoms. The SMILES string of the molecule is C=CCc1ccc(OCC(=O)Nc2cc(-c3nnc4n3CCCCC4)ccc2F)c(OC)c1. The molecule has 2 heterocycles. The third-order valence-electron chi connectivity index (χ3n) is 5.57. The van der Waals surface area contributed by atoms with E-state index in [0.717, 1.165) is 43.6 Å². The summed E-state index contributed by atoms with van der Waals surface area (Å²) in [6.07, 6.45) is 6.66. The molecule has 1 amide bonds. The van der Waals surface area contributed by atoms with Gasteiger partial charge in [-0.3, -0.25) is 4.79 Å². The minimum absolute atomic E-state index is 0.0698. The van der Waals surface area contributed by atoms with Crippen LogP contribution in [0, 0.1) is 5.82 Å². The highest BCUT2D eigenvalue weighted by Gasteiger charge is 2.18. The Morgan fingerprint density at radius 3 is 2.88 bits per heavy atom. The fraction of sp³-hybridized carbons (Fsp3) is 0.320.